The van der Waals surface area contributed by atoms with Crippen LogP contribution in [-0.2, 0) is 0 Å². The maximum absolute atomic E-state index is 12.0. The van der Waals surface area contributed by atoms with Crippen molar-refractivity contribution in [2.75, 3.05) is 26.7 Å². The quantitative estimate of drug-likeness (QED) is 0.719. The van der Waals surface area contributed by atoms with Crippen molar-refractivity contribution in [2.24, 2.45) is 5.92 Å². The number of amides is 2. The third kappa shape index (κ3) is 3.73. The van der Waals surface area contributed by atoms with Crippen molar-refractivity contribution in [3.8, 4) is 6.07 Å². The molecule has 4 nitrogen and oxygen atoms in total. The maximum atomic E-state index is 12.0. The van der Waals surface area contributed by atoms with Gasteiger partial charge in [0.2, 0.25) is 0 Å². The van der Waals surface area contributed by atoms with Gasteiger partial charge in [-0.25, -0.2) is 4.79 Å². The molecule has 1 unspecified atom stereocenters. The Hall–Kier alpha value is -1.24. The van der Waals surface area contributed by atoms with E-state index in [0.29, 0.717) is 6.54 Å². The molecule has 0 saturated carbocycles. The summed E-state index contributed by atoms with van der Waals surface area (Å²) in [6.45, 7) is 4.09. The number of carbonyl (C=O) groups excluding carboxylic acids is 1. The van der Waals surface area contributed by atoms with Crippen LogP contribution in [0.25, 0.3) is 0 Å². The third-order valence-corrected chi connectivity index (χ3v) is 2.97. The smallest absolute Gasteiger partial charge is 0.319 e. The van der Waals surface area contributed by atoms with Crippen molar-refractivity contribution in [3.63, 3.8) is 0 Å². The Morgan fingerprint density at radius 2 is 1.94 bits per heavy atom. The molecule has 1 heterocycles. The van der Waals surface area contributed by atoms with Crippen LogP contribution >= 0.6 is 0 Å². The number of hydrogen-bond donors (Lipinski definition) is 0. The number of likely N-dealkylation sites (tertiary alicyclic amines) is 1. The summed E-state index contributed by atoms with van der Waals surface area (Å²) in [5.74, 6) is -0.0964. The van der Waals surface area contributed by atoms with Crippen LogP contribution in [0.5, 0.6) is 0 Å². The van der Waals surface area contributed by atoms with Crippen molar-refractivity contribution in [3.05, 3.63) is 0 Å². The lowest BCUT2D eigenvalue weighted by Crippen LogP contribution is -2.43. The van der Waals surface area contributed by atoms with Gasteiger partial charge >= 0.3 is 6.03 Å². The van der Waals surface area contributed by atoms with E-state index in [1.165, 1.54) is 12.8 Å². The predicted molar refractivity (Wildman–Crippen MR) is 62.8 cm³/mol. The monoisotopic (exact) mass is 223 g/mol. The minimum Gasteiger partial charge on any atom is -0.326 e. The number of rotatable bonds is 2. The van der Waals surface area contributed by atoms with Crippen molar-refractivity contribution < 1.29 is 4.79 Å². The van der Waals surface area contributed by atoms with Gasteiger partial charge in [0.05, 0.1) is 12.0 Å². The van der Waals surface area contributed by atoms with E-state index < -0.39 is 0 Å². The molecule has 0 aliphatic carbocycles. The summed E-state index contributed by atoms with van der Waals surface area (Å²) in [5, 5.41) is 8.72. The summed E-state index contributed by atoms with van der Waals surface area (Å²) >= 11 is 0. The molecule has 1 fully saturated rings. The fraction of sp³-hybridized carbons (Fsp3) is 0.833. The summed E-state index contributed by atoms with van der Waals surface area (Å²) in [4.78, 5) is 15.6. The third-order valence-electron chi connectivity index (χ3n) is 2.97. The standard InChI is InChI=1S/C12H21N3O/c1-11(9-13)10-14(2)12(16)15-7-5-3-4-6-8-15/h11H,3-8,10H2,1-2H3. The van der Waals surface area contributed by atoms with Crippen LogP contribution in [-0.4, -0.2) is 42.5 Å². The van der Waals surface area contributed by atoms with Gasteiger partial charge in [0.25, 0.3) is 0 Å². The van der Waals surface area contributed by atoms with Gasteiger partial charge in [-0.2, -0.15) is 5.26 Å². The lowest BCUT2D eigenvalue weighted by molar-refractivity contribution is 0.161. The Labute approximate surface area is 97.8 Å². The van der Waals surface area contributed by atoms with Crippen LogP contribution in [0, 0.1) is 17.2 Å². The topological polar surface area (TPSA) is 47.3 Å². The first-order valence-corrected chi connectivity index (χ1v) is 6.05. The predicted octanol–water partition coefficient (Wildman–Crippen LogP) is 2.07. The summed E-state index contributed by atoms with van der Waals surface area (Å²) in [5.41, 5.74) is 0. The summed E-state index contributed by atoms with van der Waals surface area (Å²) < 4.78 is 0. The van der Waals surface area contributed by atoms with Gasteiger partial charge < -0.3 is 9.80 Å². The highest BCUT2D eigenvalue weighted by molar-refractivity contribution is 5.74. The van der Waals surface area contributed by atoms with Crippen LogP contribution in [0.15, 0.2) is 0 Å². The molecule has 0 spiro atoms. The van der Waals surface area contributed by atoms with Crippen molar-refractivity contribution >= 4 is 6.03 Å². The maximum Gasteiger partial charge on any atom is 0.319 e. The van der Waals surface area contributed by atoms with Gasteiger partial charge in [-0.3, -0.25) is 0 Å². The Bertz CT molecular complexity index is 264. The number of carbonyl (C=O) groups is 1. The van der Waals surface area contributed by atoms with E-state index in [9.17, 15) is 4.79 Å². The minimum absolute atomic E-state index is 0.0731. The lowest BCUT2D eigenvalue weighted by atomic mass is 10.2. The second-order valence-corrected chi connectivity index (χ2v) is 4.59. The van der Waals surface area contributed by atoms with E-state index >= 15 is 0 Å². The Kier molecular flexibility index (Phi) is 5.10. The van der Waals surface area contributed by atoms with Crippen LogP contribution < -0.4 is 0 Å². The van der Waals surface area contributed by atoms with E-state index in [4.69, 9.17) is 5.26 Å². The molecular weight excluding hydrogens is 202 g/mol. The molecule has 16 heavy (non-hydrogen) atoms. The summed E-state index contributed by atoms with van der Waals surface area (Å²) in [7, 11) is 1.78. The highest BCUT2D eigenvalue weighted by Gasteiger charge is 2.20. The zero-order chi connectivity index (χ0) is 12.0. The van der Waals surface area contributed by atoms with E-state index in [-0.39, 0.29) is 11.9 Å². The van der Waals surface area contributed by atoms with Crippen LogP contribution in [0.2, 0.25) is 0 Å². The second kappa shape index (κ2) is 6.37. The minimum atomic E-state index is -0.0964. The first-order chi connectivity index (χ1) is 7.65. The molecule has 90 valence electrons. The van der Waals surface area contributed by atoms with Crippen molar-refractivity contribution in [2.45, 2.75) is 32.6 Å². The van der Waals surface area contributed by atoms with Crippen LogP contribution in [0.4, 0.5) is 4.79 Å². The summed E-state index contributed by atoms with van der Waals surface area (Å²) in [6, 6.07) is 2.23. The molecule has 0 aromatic heterocycles. The van der Waals surface area contributed by atoms with E-state index in [0.717, 1.165) is 25.9 Å². The fourth-order valence-corrected chi connectivity index (χ4v) is 2.03. The van der Waals surface area contributed by atoms with Gasteiger partial charge in [0.15, 0.2) is 0 Å². The highest BCUT2D eigenvalue weighted by atomic mass is 16.2. The molecule has 1 rings (SSSR count). The van der Waals surface area contributed by atoms with Gasteiger partial charge in [0.1, 0.15) is 0 Å². The average Bonchev–Trinajstić information content (AvgIpc) is 2.56. The molecule has 2 amide bonds. The fourth-order valence-electron chi connectivity index (χ4n) is 2.03. The first kappa shape index (κ1) is 12.8. The highest BCUT2D eigenvalue weighted by Crippen LogP contribution is 2.11. The molecule has 0 aromatic rings. The van der Waals surface area contributed by atoms with Crippen molar-refractivity contribution in [1.29, 1.82) is 5.26 Å². The molecule has 0 radical (unpaired) electrons. The van der Waals surface area contributed by atoms with Crippen LogP contribution in [0.3, 0.4) is 0 Å². The van der Waals surface area contributed by atoms with Gasteiger partial charge in [-0.1, -0.05) is 12.8 Å². The number of nitriles is 1. The van der Waals surface area contributed by atoms with Crippen LogP contribution in [0.1, 0.15) is 32.6 Å². The zero-order valence-electron chi connectivity index (χ0n) is 10.3. The number of nitrogens with zero attached hydrogens (tertiary/aromatic N) is 3. The Morgan fingerprint density at radius 3 is 2.44 bits per heavy atom. The number of urea groups is 1. The summed E-state index contributed by atoms with van der Waals surface area (Å²) in [6.07, 6.45) is 4.66. The zero-order valence-corrected chi connectivity index (χ0v) is 10.3. The first-order valence-electron chi connectivity index (χ1n) is 6.05. The molecule has 4 heteroatoms. The largest absolute Gasteiger partial charge is 0.326 e. The van der Waals surface area contributed by atoms with Gasteiger partial charge in [0, 0.05) is 26.7 Å². The molecule has 0 N–H and O–H groups in total. The molecule has 1 atom stereocenters. The number of hydrogen-bond acceptors (Lipinski definition) is 2. The molecule has 0 bridgehead atoms. The van der Waals surface area contributed by atoms with E-state index in [1.54, 1.807) is 11.9 Å². The molecular formula is C12H21N3O. The SMILES string of the molecule is CC(C#N)CN(C)C(=O)N1CCCCCC1. The Balaban J connectivity index is 2.45. The normalized spacial score (nSPS) is 18.4. The molecule has 1 saturated heterocycles. The van der Waals surface area contributed by atoms with Gasteiger partial charge in [-0.15, -0.1) is 0 Å². The molecule has 0 aromatic carbocycles. The molecule has 1 aliphatic heterocycles. The van der Waals surface area contributed by atoms with Crippen molar-refractivity contribution in [1.82, 2.24) is 9.80 Å². The van der Waals surface area contributed by atoms with E-state index in [2.05, 4.69) is 6.07 Å². The molecule has 1 aliphatic rings. The Morgan fingerprint density at radius 1 is 1.38 bits per heavy atom. The average molecular weight is 223 g/mol. The van der Waals surface area contributed by atoms with Gasteiger partial charge in [-0.05, 0) is 19.8 Å². The van der Waals surface area contributed by atoms with E-state index in [1.807, 2.05) is 11.8 Å². The second-order valence-electron chi connectivity index (χ2n) is 4.59. The lowest BCUT2D eigenvalue weighted by Gasteiger charge is -2.27.